The summed E-state index contributed by atoms with van der Waals surface area (Å²) < 4.78 is 5.02. The van der Waals surface area contributed by atoms with Crippen LogP contribution in [0, 0.1) is 5.92 Å². The summed E-state index contributed by atoms with van der Waals surface area (Å²) >= 11 is 0. The van der Waals surface area contributed by atoms with Crippen LogP contribution in [0.1, 0.15) is 32.6 Å². The molecule has 0 amide bonds. The van der Waals surface area contributed by atoms with E-state index in [2.05, 4.69) is 17.1 Å². The molecule has 0 spiro atoms. The van der Waals surface area contributed by atoms with Gasteiger partial charge in [0.05, 0.1) is 0 Å². The van der Waals surface area contributed by atoms with Crippen LogP contribution in [0.4, 0.5) is 0 Å². The second-order valence-corrected chi connectivity index (χ2v) is 4.97. The summed E-state index contributed by atoms with van der Waals surface area (Å²) in [5.41, 5.74) is 0. The molecule has 1 unspecified atom stereocenters. The smallest absolute Gasteiger partial charge is 0.0474 e. The Morgan fingerprint density at radius 1 is 1.25 bits per heavy atom. The average Bonchev–Trinajstić information content (AvgIpc) is 2.49. The molecule has 96 valence electrons. The second-order valence-electron chi connectivity index (χ2n) is 4.97. The van der Waals surface area contributed by atoms with Crippen molar-refractivity contribution in [2.45, 2.75) is 32.6 Å². The average molecular weight is 228 g/mol. The Morgan fingerprint density at radius 3 is 2.94 bits per heavy atom. The van der Waals surface area contributed by atoms with Crippen LogP contribution in [-0.4, -0.2) is 51.3 Å². The zero-order valence-corrected chi connectivity index (χ0v) is 11.0. The maximum Gasteiger partial charge on any atom is 0.0474 e. The number of rotatable bonds is 7. The number of hydrogen-bond acceptors (Lipinski definition) is 3. The van der Waals surface area contributed by atoms with Crippen LogP contribution in [0.15, 0.2) is 0 Å². The van der Waals surface area contributed by atoms with Gasteiger partial charge < -0.3 is 15.0 Å². The third kappa shape index (κ3) is 6.46. The van der Waals surface area contributed by atoms with E-state index in [0.29, 0.717) is 0 Å². The number of nitrogens with one attached hydrogen (secondary N) is 1. The standard InChI is InChI=1S/C13H28N2O/c1-13-5-3-9-15(10-6-13)11-8-14-7-4-12-16-2/h13-14H,3-12H2,1-2H3. The van der Waals surface area contributed by atoms with Gasteiger partial charge in [-0.05, 0) is 51.2 Å². The van der Waals surface area contributed by atoms with Gasteiger partial charge in [0.25, 0.3) is 0 Å². The molecule has 1 atom stereocenters. The molecule has 3 heteroatoms. The molecule has 0 aromatic rings. The summed E-state index contributed by atoms with van der Waals surface area (Å²) in [6.45, 7) is 9.25. The first-order valence-electron chi connectivity index (χ1n) is 6.75. The van der Waals surface area contributed by atoms with Gasteiger partial charge in [0.15, 0.2) is 0 Å². The third-order valence-corrected chi connectivity index (χ3v) is 3.42. The Kier molecular flexibility index (Phi) is 7.81. The Morgan fingerprint density at radius 2 is 2.12 bits per heavy atom. The van der Waals surface area contributed by atoms with Crippen molar-refractivity contribution in [1.29, 1.82) is 0 Å². The lowest BCUT2D eigenvalue weighted by molar-refractivity contribution is 0.193. The van der Waals surface area contributed by atoms with Crippen LogP contribution in [0.5, 0.6) is 0 Å². The van der Waals surface area contributed by atoms with Crippen LogP contribution in [0.25, 0.3) is 0 Å². The van der Waals surface area contributed by atoms with E-state index in [1.807, 2.05) is 0 Å². The van der Waals surface area contributed by atoms with Gasteiger partial charge in [0.2, 0.25) is 0 Å². The highest BCUT2D eigenvalue weighted by molar-refractivity contribution is 4.68. The highest BCUT2D eigenvalue weighted by atomic mass is 16.5. The Labute approximate surface area is 101 Å². The van der Waals surface area contributed by atoms with Gasteiger partial charge in [-0.15, -0.1) is 0 Å². The molecule has 1 saturated heterocycles. The fourth-order valence-corrected chi connectivity index (χ4v) is 2.25. The minimum Gasteiger partial charge on any atom is -0.385 e. The van der Waals surface area contributed by atoms with Crippen molar-refractivity contribution < 1.29 is 4.74 Å². The van der Waals surface area contributed by atoms with E-state index in [4.69, 9.17) is 4.74 Å². The van der Waals surface area contributed by atoms with Crippen LogP contribution < -0.4 is 5.32 Å². The Bertz CT molecular complexity index is 164. The van der Waals surface area contributed by atoms with E-state index >= 15 is 0 Å². The lowest BCUT2D eigenvalue weighted by atomic mass is 10.0. The largest absolute Gasteiger partial charge is 0.385 e. The SMILES string of the molecule is COCCCNCCN1CCCC(C)CC1. The van der Waals surface area contributed by atoms with Crippen LogP contribution in [0.2, 0.25) is 0 Å². The van der Waals surface area contributed by atoms with Crippen molar-refractivity contribution in [2.75, 3.05) is 46.4 Å². The van der Waals surface area contributed by atoms with Crippen molar-refractivity contribution in [3.05, 3.63) is 0 Å². The molecule has 3 nitrogen and oxygen atoms in total. The number of likely N-dealkylation sites (tertiary alicyclic amines) is 1. The van der Waals surface area contributed by atoms with Gasteiger partial charge in [0.1, 0.15) is 0 Å². The van der Waals surface area contributed by atoms with Gasteiger partial charge in [-0.1, -0.05) is 6.92 Å². The van der Waals surface area contributed by atoms with Crippen molar-refractivity contribution in [2.24, 2.45) is 5.92 Å². The van der Waals surface area contributed by atoms with Crippen LogP contribution >= 0.6 is 0 Å². The third-order valence-electron chi connectivity index (χ3n) is 3.42. The van der Waals surface area contributed by atoms with E-state index in [9.17, 15) is 0 Å². The fourth-order valence-electron chi connectivity index (χ4n) is 2.25. The number of methoxy groups -OCH3 is 1. The van der Waals surface area contributed by atoms with Crippen molar-refractivity contribution in [1.82, 2.24) is 10.2 Å². The Hall–Kier alpha value is -0.120. The maximum absolute atomic E-state index is 5.02. The predicted octanol–water partition coefficient (Wildman–Crippen LogP) is 1.73. The Balaban J connectivity index is 1.95. The molecule has 1 N–H and O–H groups in total. The zero-order valence-electron chi connectivity index (χ0n) is 11.0. The zero-order chi connectivity index (χ0) is 11.6. The maximum atomic E-state index is 5.02. The first-order chi connectivity index (χ1) is 7.83. The molecule has 0 bridgehead atoms. The van der Waals surface area contributed by atoms with Crippen molar-refractivity contribution in [3.8, 4) is 0 Å². The first-order valence-corrected chi connectivity index (χ1v) is 6.75. The highest BCUT2D eigenvalue weighted by Crippen LogP contribution is 2.15. The number of nitrogens with zero attached hydrogens (tertiary/aromatic N) is 1. The van der Waals surface area contributed by atoms with Gasteiger partial charge in [0, 0.05) is 26.8 Å². The minimum absolute atomic E-state index is 0.869. The molecule has 1 aliphatic heterocycles. The van der Waals surface area contributed by atoms with E-state index in [1.165, 1.54) is 38.9 Å². The first kappa shape index (κ1) is 13.9. The fraction of sp³-hybridized carbons (Fsp3) is 1.00. The van der Waals surface area contributed by atoms with E-state index < -0.39 is 0 Å². The molecule has 0 saturated carbocycles. The summed E-state index contributed by atoms with van der Waals surface area (Å²) in [6.07, 6.45) is 5.29. The van der Waals surface area contributed by atoms with Gasteiger partial charge in [-0.25, -0.2) is 0 Å². The van der Waals surface area contributed by atoms with Crippen molar-refractivity contribution in [3.63, 3.8) is 0 Å². The monoisotopic (exact) mass is 228 g/mol. The molecule has 1 aliphatic rings. The van der Waals surface area contributed by atoms with Crippen LogP contribution in [0.3, 0.4) is 0 Å². The summed E-state index contributed by atoms with van der Waals surface area (Å²) in [6, 6.07) is 0. The molecule has 1 rings (SSSR count). The van der Waals surface area contributed by atoms with Crippen LogP contribution in [-0.2, 0) is 4.74 Å². The molecule has 0 aromatic carbocycles. The van der Waals surface area contributed by atoms with Gasteiger partial charge in [-0.3, -0.25) is 0 Å². The van der Waals surface area contributed by atoms with E-state index in [1.54, 1.807) is 7.11 Å². The molecule has 0 aromatic heterocycles. The predicted molar refractivity (Wildman–Crippen MR) is 68.8 cm³/mol. The molecule has 0 radical (unpaired) electrons. The minimum atomic E-state index is 0.869. The topological polar surface area (TPSA) is 24.5 Å². The normalized spacial score (nSPS) is 23.2. The lowest BCUT2D eigenvalue weighted by Gasteiger charge is -2.19. The van der Waals surface area contributed by atoms with E-state index in [0.717, 1.165) is 32.0 Å². The molecular weight excluding hydrogens is 200 g/mol. The highest BCUT2D eigenvalue weighted by Gasteiger charge is 2.12. The van der Waals surface area contributed by atoms with Gasteiger partial charge >= 0.3 is 0 Å². The van der Waals surface area contributed by atoms with Crippen molar-refractivity contribution >= 4 is 0 Å². The molecule has 1 fully saturated rings. The number of ether oxygens (including phenoxy) is 1. The molecule has 1 heterocycles. The molecule has 16 heavy (non-hydrogen) atoms. The quantitative estimate of drug-likeness (QED) is 0.672. The van der Waals surface area contributed by atoms with E-state index in [-0.39, 0.29) is 0 Å². The number of hydrogen-bond donors (Lipinski definition) is 1. The van der Waals surface area contributed by atoms with Gasteiger partial charge in [-0.2, -0.15) is 0 Å². The molecular formula is C13H28N2O. The summed E-state index contributed by atoms with van der Waals surface area (Å²) in [7, 11) is 1.76. The summed E-state index contributed by atoms with van der Waals surface area (Å²) in [4.78, 5) is 2.60. The second kappa shape index (κ2) is 8.97. The summed E-state index contributed by atoms with van der Waals surface area (Å²) in [5, 5.41) is 3.48. The lowest BCUT2D eigenvalue weighted by Crippen LogP contribution is -2.33. The molecule has 0 aliphatic carbocycles. The summed E-state index contributed by atoms with van der Waals surface area (Å²) in [5.74, 6) is 0.930.